The maximum Gasteiger partial charge on any atom is 0.271 e. The van der Waals surface area contributed by atoms with E-state index in [9.17, 15) is 18.5 Å². The van der Waals surface area contributed by atoms with E-state index in [1.807, 2.05) is 13.8 Å². The molecule has 0 aliphatic carbocycles. The minimum atomic E-state index is -3.68. The van der Waals surface area contributed by atoms with E-state index in [0.717, 1.165) is 6.42 Å². The molecule has 1 unspecified atom stereocenters. The lowest BCUT2D eigenvalue weighted by atomic mass is 10.1. The Kier molecular flexibility index (Phi) is 5.68. The minimum absolute atomic E-state index is 0.0430. The second-order valence-electron chi connectivity index (χ2n) is 4.99. The highest BCUT2D eigenvalue weighted by Gasteiger charge is 2.26. The Morgan fingerprint density at radius 2 is 2.05 bits per heavy atom. The van der Waals surface area contributed by atoms with Crippen LogP contribution < -0.4 is 5.32 Å². The summed E-state index contributed by atoms with van der Waals surface area (Å²) in [6.45, 7) is 4.37. The second-order valence-corrected chi connectivity index (χ2v) is 7.00. The summed E-state index contributed by atoms with van der Waals surface area (Å²) in [6.07, 6.45) is 0.874. The van der Waals surface area contributed by atoms with Gasteiger partial charge in [-0.25, -0.2) is 12.7 Å². The highest BCUT2D eigenvalue weighted by atomic mass is 32.2. The molecule has 21 heavy (non-hydrogen) atoms. The van der Waals surface area contributed by atoms with Gasteiger partial charge in [0.25, 0.3) is 5.69 Å². The predicted molar refractivity (Wildman–Crippen MR) is 81.9 cm³/mol. The SMILES string of the molecule is CCC(C)CN(C)S(=O)(=O)c1ccc([N+](=O)[O-])cc1NC. The monoisotopic (exact) mass is 315 g/mol. The molecule has 0 heterocycles. The van der Waals surface area contributed by atoms with E-state index in [2.05, 4.69) is 5.32 Å². The Bertz CT molecular complexity index is 616. The molecule has 0 fully saturated rings. The van der Waals surface area contributed by atoms with Crippen LogP contribution in [-0.2, 0) is 10.0 Å². The molecule has 0 aliphatic heterocycles. The van der Waals surface area contributed by atoms with Crippen LogP contribution in [-0.4, -0.2) is 38.3 Å². The first-order valence-electron chi connectivity index (χ1n) is 6.66. The van der Waals surface area contributed by atoms with Crippen LogP contribution in [0.2, 0.25) is 0 Å². The van der Waals surface area contributed by atoms with Crippen LogP contribution >= 0.6 is 0 Å². The summed E-state index contributed by atoms with van der Waals surface area (Å²) in [4.78, 5) is 10.3. The second kappa shape index (κ2) is 6.86. The molecule has 1 aromatic rings. The normalized spacial score (nSPS) is 13.2. The highest BCUT2D eigenvalue weighted by molar-refractivity contribution is 7.89. The maximum absolute atomic E-state index is 12.6. The number of non-ortho nitro benzene ring substituents is 1. The molecule has 7 nitrogen and oxygen atoms in total. The fourth-order valence-corrected chi connectivity index (χ4v) is 3.35. The van der Waals surface area contributed by atoms with Crippen molar-refractivity contribution in [1.29, 1.82) is 0 Å². The van der Waals surface area contributed by atoms with Crippen molar-refractivity contribution in [1.82, 2.24) is 4.31 Å². The average Bonchev–Trinajstić information content (AvgIpc) is 2.45. The van der Waals surface area contributed by atoms with Crippen LogP contribution in [0.1, 0.15) is 20.3 Å². The molecule has 1 aromatic carbocycles. The largest absolute Gasteiger partial charge is 0.387 e. The van der Waals surface area contributed by atoms with E-state index >= 15 is 0 Å². The Morgan fingerprint density at radius 1 is 1.43 bits per heavy atom. The van der Waals surface area contributed by atoms with Crippen molar-refractivity contribution < 1.29 is 13.3 Å². The molecule has 0 aromatic heterocycles. The van der Waals surface area contributed by atoms with Crippen molar-refractivity contribution >= 4 is 21.4 Å². The van der Waals surface area contributed by atoms with E-state index < -0.39 is 14.9 Å². The van der Waals surface area contributed by atoms with Gasteiger partial charge in [-0.2, -0.15) is 0 Å². The quantitative estimate of drug-likeness (QED) is 0.615. The Labute approximate surface area is 125 Å². The van der Waals surface area contributed by atoms with E-state index in [0.29, 0.717) is 6.54 Å². The Morgan fingerprint density at radius 3 is 2.52 bits per heavy atom. The van der Waals surface area contributed by atoms with Gasteiger partial charge in [-0.15, -0.1) is 0 Å². The van der Waals surface area contributed by atoms with Gasteiger partial charge in [-0.3, -0.25) is 10.1 Å². The first-order valence-corrected chi connectivity index (χ1v) is 8.10. The topological polar surface area (TPSA) is 92.5 Å². The van der Waals surface area contributed by atoms with Crippen molar-refractivity contribution in [2.24, 2.45) is 5.92 Å². The number of hydrogen-bond acceptors (Lipinski definition) is 5. The van der Waals surface area contributed by atoms with Crippen molar-refractivity contribution in [3.8, 4) is 0 Å². The molecular weight excluding hydrogens is 294 g/mol. The van der Waals surface area contributed by atoms with Crippen molar-refractivity contribution in [3.63, 3.8) is 0 Å². The molecule has 0 bridgehead atoms. The van der Waals surface area contributed by atoms with Crippen molar-refractivity contribution in [3.05, 3.63) is 28.3 Å². The van der Waals surface area contributed by atoms with Gasteiger partial charge < -0.3 is 5.32 Å². The third kappa shape index (κ3) is 3.92. The number of nitro groups is 1. The lowest BCUT2D eigenvalue weighted by Crippen LogP contribution is -2.31. The molecule has 1 N–H and O–H groups in total. The Balaban J connectivity index is 3.22. The predicted octanol–water partition coefficient (Wildman–Crippen LogP) is 2.30. The number of nitro benzene ring substituents is 1. The van der Waals surface area contributed by atoms with Gasteiger partial charge in [0.2, 0.25) is 10.0 Å². The van der Waals surface area contributed by atoms with Crippen LogP contribution in [0.4, 0.5) is 11.4 Å². The lowest BCUT2D eigenvalue weighted by Gasteiger charge is -2.21. The summed E-state index contributed by atoms with van der Waals surface area (Å²) in [7, 11) is -0.630. The van der Waals surface area contributed by atoms with Crippen LogP contribution in [0, 0.1) is 16.0 Å². The van der Waals surface area contributed by atoms with Gasteiger partial charge in [0.15, 0.2) is 0 Å². The minimum Gasteiger partial charge on any atom is -0.387 e. The van der Waals surface area contributed by atoms with E-state index in [1.165, 1.54) is 36.6 Å². The van der Waals surface area contributed by atoms with E-state index in [1.54, 1.807) is 0 Å². The van der Waals surface area contributed by atoms with Crippen LogP contribution in [0.25, 0.3) is 0 Å². The number of sulfonamides is 1. The molecule has 0 saturated heterocycles. The zero-order valence-electron chi connectivity index (χ0n) is 12.7. The molecule has 0 aliphatic rings. The van der Waals surface area contributed by atoms with Crippen molar-refractivity contribution in [2.45, 2.75) is 25.2 Å². The lowest BCUT2D eigenvalue weighted by molar-refractivity contribution is -0.384. The third-order valence-electron chi connectivity index (χ3n) is 3.40. The number of hydrogen-bond donors (Lipinski definition) is 1. The van der Waals surface area contributed by atoms with E-state index in [-0.39, 0.29) is 22.2 Å². The molecule has 1 rings (SSSR count). The number of nitrogens with one attached hydrogen (secondary N) is 1. The number of benzene rings is 1. The summed E-state index contributed by atoms with van der Waals surface area (Å²) in [5.41, 5.74) is 0.0723. The highest BCUT2D eigenvalue weighted by Crippen LogP contribution is 2.28. The average molecular weight is 315 g/mol. The first-order chi connectivity index (χ1) is 9.73. The number of anilines is 1. The van der Waals surface area contributed by atoms with Crippen LogP contribution in [0.15, 0.2) is 23.1 Å². The maximum atomic E-state index is 12.6. The summed E-state index contributed by atoms with van der Waals surface area (Å²) in [6, 6.07) is 3.70. The van der Waals surface area contributed by atoms with Gasteiger partial charge >= 0.3 is 0 Å². The zero-order chi connectivity index (χ0) is 16.2. The molecule has 118 valence electrons. The summed E-state index contributed by atoms with van der Waals surface area (Å²) >= 11 is 0. The third-order valence-corrected chi connectivity index (χ3v) is 5.28. The zero-order valence-corrected chi connectivity index (χ0v) is 13.5. The van der Waals surface area contributed by atoms with Crippen LogP contribution in [0.3, 0.4) is 0 Å². The molecular formula is C13H21N3O4S. The van der Waals surface area contributed by atoms with Gasteiger partial charge in [0, 0.05) is 32.8 Å². The number of nitrogens with zero attached hydrogens (tertiary/aromatic N) is 2. The summed E-state index contributed by atoms with van der Waals surface area (Å²) in [5, 5.41) is 13.5. The smallest absolute Gasteiger partial charge is 0.271 e. The van der Waals surface area contributed by atoms with Gasteiger partial charge in [0.1, 0.15) is 4.90 Å². The Hall–Kier alpha value is -1.67. The van der Waals surface area contributed by atoms with Gasteiger partial charge in [-0.1, -0.05) is 20.3 Å². The van der Waals surface area contributed by atoms with Crippen molar-refractivity contribution in [2.75, 3.05) is 26.0 Å². The molecule has 0 amide bonds. The molecule has 8 heteroatoms. The number of rotatable bonds is 7. The van der Waals surface area contributed by atoms with Gasteiger partial charge in [-0.05, 0) is 12.0 Å². The standard InChI is InChI=1S/C13H21N3O4S/c1-5-10(2)9-15(4)21(19,20)13-7-6-11(16(17)18)8-12(13)14-3/h6-8,10,14H,5,9H2,1-4H3. The molecule has 0 radical (unpaired) electrons. The molecule has 1 atom stereocenters. The van der Waals surface area contributed by atoms with E-state index in [4.69, 9.17) is 0 Å². The summed E-state index contributed by atoms with van der Waals surface area (Å²) in [5.74, 6) is 0.237. The molecule has 0 saturated carbocycles. The fourth-order valence-electron chi connectivity index (χ4n) is 1.89. The van der Waals surface area contributed by atoms with Gasteiger partial charge in [0.05, 0.1) is 10.6 Å². The van der Waals surface area contributed by atoms with Crippen LogP contribution in [0.5, 0.6) is 0 Å². The first kappa shape index (κ1) is 17.4. The molecule has 0 spiro atoms. The fraction of sp³-hybridized carbons (Fsp3) is 0.538. The summed E-state index contributed by atoms with van der Waals surface area (Å²) < 4.78 is 26.4.